The van der Waals surface area contributed by atoms with Gasteiger partial charge in [-0.2, -0.15) is 11.3 Å². The predicted molar refractivity (Wildman–Crippen MR) is 76.5 cm³/mol. The highest BCUT2D eigenvalue weighted by atomic mass is 79.9. The van der Waals surface area contributed by atoms with Crippen molar-refractivity contribution in [3.05, 3.63) is 43.2 Å². The molecule has 0 fully saturated rings. The van der Waals surface area contributed by atoms with Crippen molar-refractivity contribution in [3.8, 4) is 0 Å². The highest BCUT2D eigenvalue weighted by Gasteiger charge is 2.17. The van der Waals surface area contributed by atoms with Crippen LogP contribution in [0.5, 0.6) is 0 Å². The van der Waals surface area contributed by atoms with Gasteiger partial charge in [-0.15, -0.1) is 11.3 Å². The van der Waals surface area contributed by atoms with Gasteiger partial charge in [-0.3, -0.25) is 0 Å². The molecule has 1 nitrogen and oxygen atoms in total. The normalized spacial score (nSPS) is 12.9. The van der Waals surface area contributed by atoms with Crippen molar-refractivity contribution in [1.82, 2.24) is 5.32 Å². The lowest BCUT2D eigenvalue weighted by atomic mass is 10.1. The topological polar surface area (TPSA) is 12.0 Å². The molecular formula is C12H14BrNS2. The number of rotatable bonds is 5. The first-order chi connectivity index (χ1) is 7.83. The lowest BCUT2D eigenvalue weighted by Gasteiger charge is -2.16. The fourth-order valence-corrected chi connectivity index (χ4v) is 3.98. The molecule has 2 aromatic heterocycles. The van der Waals surface area contributed by atoms with Gasteiger partial charge in [-0.1, -0.05) is 13.0 Å². The molecular weight excluding hydrogens is 302 g/mol. The molecule has 0 aliphatic rings. The van der Waals surface area contributed by atoms with Gasteiger partial charge in [0, 0.05) is 14.7 Å². The molecule has 2 heterocycles. The van der Waals surface area contributed by atoms with Gasteiger partial charge in [-0.05, 0) is 51.3 Å². The Labute approximate surface area is 113 Å². The molecule has 0 spiro atoms. The maximum atomic E-state index is 3.62. The Morgan fingerprint density at radius 1 is 1.44 bits per heavy atom. The molecule has 0 aromatic carbocycles. The predicted octanol–water partition coefficient (Wildman–Crippen LogP) is 4.66. The van der Waals surface area contributed by atoms with Crippen LogP contribution < -0.4 is 5.32 Å². The van der Waals surface area contributed by atoms with Crippen molar-refractivity contribution < 1.29 is 0 Å². The van der Waals surface area contributed by atoms with Crippen LogP contribution in [0.3, 0.4) is 0 Å². The van der Waals surface area contributed by atoms with Gasteiger partial charge in [0.05, 0.1) is 6.04 Å². The van der Waals surface area contributed by atoms with E-state index in [-0.39, 0.29) is 0 Å². The quantitative estimate of drug-likeness (QED) is 0.846. The van der Waals surface area contributed by atoms with E-state index in [0.29, 0.717) is 6.04 Å². The summed E-state index contributed by atoms with van der Waals surface area (Å²) in [6.45, 7) is 3.24. The van der Waals surface area contributed by atoms with Crippen molar-refractivity contribution in [2.24, 2.45) is 0 Å². The molecule has 86 valence electrons. The molecule has 2 rings (SSSR count). The van der Waals surface area contributed by atoms with Crippen molar-refractivity contribution in [2.45, 2.75) is 19.4 Å². The van der Waals surface area contributed by atoms with Gasteiger partial charge in [-0.25, -0.2) is 0 Å². The summed E-state index contributed by atoms with van der Waals surface area (Å²) in [6.07, 6.45) is 1.16. The zero-order valence-electron chi connectivity index (χ0n) is 9.07. The Morgan fingerprint density at radius 2 is 2.31 bits per heavy atom. The Bertz CT molecular complexity index is 422. The molecule has 1 atom stereocenters. The standard InChI is InChI=1S/C12H14BrNS2/c1-2-5-14-12(11-4-3-6-16-11)9-7-15-8-10(9)13/h3-4,6-8,12,14H,2,5H2,1H3. The van der Waals surface area contributed by atoms with E-state index in [0.717, 1.165) is 13.0 Å². The van der Waals surface area contributed by atoms with Gasteiger partial charge in [0.2, 0.25) is 0 Å². The number of nitrogens with one attached hydrogen (secondary N) is 1. The minimum atomic E-state index is 0.334. The SMILES string of the molecule is CCCNC(c1cccs1)c1cscc1Br. The van der Waals surface area contributed by atoms with E-state index in [1.54, 1.807) is 11.3 Å². The fraction of sp³-hybridized carbons (Fsp3) is 0.333. The van der Waals surface area contributed by atoms with Gasteiger partial charge < -0.3 is 5.32 Å². The second kappa shape index (κ2) is 5.96. The van der Waals surface area contributed by atoms with Crippen LogP contribution in [-0.4, -0.2) is 6.54 Å². The smallest absolute Gasteiger partial charge is 0.0690 e. The van der Waals surface area contributed by atoms with Crippen LogP contribution in [0.25, 0.3) is 0 Å². The van der Waals surface area contributed by atoms with E-state index < -0.39 is 0 Å². The lowest BCUT2D eigenvalue weighted by Crippen LogP contribution is -2.22. The van der Waals surface area contributed by atoms with Crippen molar-refractivity contribution in [2.75, 3.05) is 6.54 Å². The molecule has 0 aliphatic heterocycles. The summed E-state index contributed by atoms with van der Waals surface area (Å²) in [5.74, 6) is 0. The third-order valence-electron chi connectivity index (χ3n) is 2.38. The molecule has 0 saturated heterocycles. The molecule has 1 N–H and O–H groups in total. The first-order valence-electron chi connectivity index (χ1n) is 5.31. The number of hydrogen-bond acceptors (Lipinski definition) is 3. The van der Waals surface area contributed by atoms with Crippen LogP contribution in [0.1, 0.15) is 29.8 Å². The second-order valence-corrected chi connectivity index (χ2v) is 6.15. The largest absolute Gasteiger partial charge is 0.306 e. The van der Waals surface area contributed by atoms with E-state index in [4.69, 9.17) is 0 Å². The van der Waals surface area contributed by atoms with Gasteiger partial charge in [0.25, 0.3) is 0 Å². The summed E-state index contributed by atoms with van der Waals surface area (Å²) in [6, 6.07) is 4.64. The van der Waals surface area contributed by atoms with Crippen LogP contribution in [-0.2, 0) is 0 Å². The number of thiophene rings is 2. The molecule has 16 heavy (non-hydrogen) atoms. The summed E-state index contributed by atoms with van der Waals surface area (Å²) in [7, 11) is 0. The molecule has 0 saturated carbocycles. The average Bonchev–Trinajstić information content (AvgIpc) is 2.91. The van der Waals surface area contributed by atoms with Gasteiger partial charge in [0.1, 0.15) is 0 Å². The van der Waals surface area contributed by atoms with Crippen LogP contribution in [0.2, 0.25) is 0 Å². The van der Waals surface area contributed by atoms with Crippen LogP contribution in [0.4, 0.5) is 0 Å². The molecule has 0 aliphatic carbocycles. The Hall–Kier alpha value is -0.160. The van der Waals surface area contributed by atoms with Crippen molar-refractivity contribution in [3.63, 3.8) is 0 Å². The second-order valence-electron chi connectivity index (χ2n) is 3.58. The molecule has 0 amide bonds. The first-order valence-corrected chi connectivity index (χ1v) is 7.93. The Kier molecular flexibility index (Phi) is 4.58. The van der Waals surface area contributed by atoms with E-state index >= 15 is 0 Å². The summed E-state index contributed by atoms with van der Waals surface area (Å²) < 4.78 is 1.21. The maximum absolute atomic E-state index is 3.62. The molecule has 0 radical (unpaired) electrons. The molecule has 2 aromatic rings. The van der Waals surface area contributed by atoms with E-state index in [2.05, 4.69) is 56.4 Å². The van der Waals surface area contributed by atoms with Gasteiger partial charge in [0.15, 0.2) is 0 Å². The average molecular weight is 316 g/mol. The summed E-state index contributed by atoms with van der Waals surface area (Å²) >= 11 is 7.17. The summed E-state index contributed by atoms with van der Waals surface area (Å²) in [5, 5.41) is 10.1. The highest BCUT2D eigenvalue weighted by molar-refractivity contribution is 9.10. The van der Waals surface area contributed by atoms with Crippen LogP contribution >= 0.6 is 38.6 Å². The zero-order valence-corrected chi connectivity index (χ0v) is 12.3. The fourth-order valence-electron chi connectivity index (χ4n) is 1.61. The monoisotopic (exact) mass is 315 g/mol. The number of halogens is 1. The minimum absolute atomic E-state index is 0.334. The highest BCUT2D eigenvalue weighted by Crippen LogP contribution is 2.33. The first kappa shape index (κ1) is 12.3. The van der Waals surface area contributed by atoms with Gasteiger partial charge >= 0.3 is 0 Å². The lowest BCUT2D eigenvalue weighted by molar-refractivity contribution is 0.606. The van der Waals surface area contributed by atoms with Crippen molar-refractivity contribution >= 4 is 38.6 Å². The summed E-state index contributed by atoms with van der Waals surface area (Å²) in [4.78, 5) is 1.38. The Morgan fingerprint density at radius 3 is 2.88 bits per heavy atom. The zero-order chi connectivity index (χ0) is 11.4. The molecule has 0 bridgehead atoms. The Balaban J connectivity index is 2.25. The van der Waals surface area contributed by atoms with E-state index in [1.807, 2.05) is 11.3 Å². The maximum Gasteiger partial charge on any atom is 0.0690 e. The number of hydrogen-bond donors (Lipinski definition) is 1. The minimum Gasteiger partial charge on any atom is -0.306 e. The third-order valence-corrected chi connectivity index (χ3v) is 5.07. The molecule has 4 heteroatoms. The van der Waals surface area contributed by atoms with Crippen LogP contribution in [0.15, 0.2) is 32.7 Å². The molecule has 1 unspecified atom stereocenters. The van der Waals surface area contributed by atoms with Crippen molar-refractivity contribution in [1.29, 1.82) is 0 Å². The summed E-state index contributed by atoms with van der Waals surface area (Å²) in [5.41, 5.74) is 1.35. The van der Waals surface area contributed by atoms with E-state index in [9.17, 15) is 0 Å². The third kappa shape index (κ3) is 2.74. The van der Waals surface area contributed by atoms with E-state index in [1.165, 1.54) is 14.9 Å². The van der Waals surface area contributed by atoms with Crippen LogP contribution in [0, 0.1) is 0 Å².